The van der Waals surface area contributed by atoms with Crippen molar-refractivity contribution in [3.63, 3.8) is 0 Å². The Bertz CT molecular complexity index is 627. The van der Waals surface area contributed by atoms with E-state index in [0.717, 1.165) is 56.5 Å². The van der Waals surface area contributed by atoms with Crippen molar-refractivity contribution in [1.82, 2.24) is 15.3 Å². The minimum Gasteiger partial charge on any atom is -0.356 e. The molecule has 1 aliphatic carbocycles. The molecule has 0 spiro atoms. The number of hydrogen-bond acceptors (Lipinski definition) is 2. The summed E-state index contributed by atoms with van der Waals surface area (Å²) in [5.41, 5.74) is 3.67. The third-order valence-corrected chi connectivity index (χ3v) is 4.64. The van der Waals surface area contributed by atoms with Gasteiger partial charge in [0.05, 0.1) is 12.0 Å². The normalized spacial score (nSPS) is 16.1. The van der Waals surface area contributed by atoms with E-state index in [2.05, 4.69) is 45.6 Å². The Morgan fingerprint density at radius 1 is 1.21 bits per heavy atom. The quantitative estimate of drug-likeness (QED) is 0.753. The molecule has 1 aliphatic rings. The van der Waals surface area contributed by atoms with Gasteiger partial charge in [0.2, 0.25) is 5.91 Å². The zero-order chi connectivity index (χ0) is 15.9. The molecule has 1 amide bonds. The van der Waals surface area contributed by atoms with Crippen LogP contribution in [-0.2, 0) is 24.1 Å². The highest BCUT2D eigenvalue weighted by atomic mass is 35.5. The predicted molar refractivity (Wildman–Crippen MR) is 98.4 cm³/mol. The number of aromatic amines is 1. The molecule has 4 nitrogen and oxygen atoms in total. The highest BCUT2D eigenvalue weighted by molar-refractivity contribution is 5.85. The summed E-state index contributed by atoms with van der Waals surface area (Å²) in [4.78, 5) is 19.7. The van der Waals surface area contributed by atoms with Crippen molar-refractivity contribution in [2.24, 2.45) is 5.92 Å². The fraction of sp³-hybridized carbons (Fsp3) is 0.474. The molecule has 2 aromatic rings. The number of rotatable bonds is 7. The summed E-state index contributed by atoms with van der Waals surface area (Å²) in [6.45, 7) is 0.792. The number of halogens is 1. The number of imidazole rings is 1. The van der Waals surface area contributed by atoms with Crippen LogP contribution >= 0.6 is 12.4 Å². The molecule has 2 N–H and O–H groups in total. The van der Waals surface area contributed by atoms with Crippen LogP contribution in [0.1, 0.15) is 42.6 Å². The third kappa shape index (κ3) is 5.10. The molecule has 5 heteroatoms. The monoisotopic (exact) mass is 347 g/mol. The van der Waals surface area contributed by atoms with Gasteiger partial charge >= 0.3 is 0 Å². The van der Waals surface area contributed by atoms with Crippen LogP contribution in [0.3, 0.4) is 0 Å². The highest BCUT2D eigenvalue weighted by Gasteiger charge is 2.25. The number of nitrogens with zero attached hydrogens (tertiary/aromatic N) is 1. The number of carbonyl (C=O) groups excluding carboxylic acids is 1. The van der Waals surface area contributed by atoms with Crippen LogP contribution in [-0.4, -0.2) is 22.4 Å². The SMILES string of the molecule is Cl.O=C(NCCCCCc1ccccc1)C1CCc2nc[nH]c2C1. The molecule has 0 bridgehead atoms. The first-order valence-electron chi connectivity index (χ1n) is 8.65. The maximum absolute atomic E-state index is 12.2. The van der Waals surface area contributed by atoms with Crippen LogP contribution in [0, 0.1) is 5.92 Å². The summed E-state index contributed by atoms with van der Waals surface area (Å²) in [6, 6.07) is 10.6. The van der Waals surface area contributed by atoms with Crippen molar-refractivity contribution in [2.45, 2.75) is 44.9 Å². The molecule has 0 saturated heterocycles. The number of benzene rings is 1. The Balaban J connectivity index is 0.00000208. The van der Waals surface area contributed by atoms with Crippen molar-refractivity contribution >= 4 is 18.3 Å². The van der Waals surface area contributed by atoms with Crippen molar-refractivity contribution in [2.75, 3.05) is 6.54 Å². The Labute approximate surface area is 149 Å². The first-order valence-corrected chi connectivity index (χ1v) is 8.65. The number of aryl methyl sites for hydroxylation is 2. The van der Waals surface area contributed by atoms with Gasteiger partial charge in [-0.05, 0) is 37.7 Å². The number of aromatic nitrogens is 2. The average Bonchev–Trinajstić information content (AvgIpc) is 3.06. The molecule has 0 radical (unpaired) electrons. The van der Waals surface area contributed by atoms with Crippen molar-refractivity contribution in [3.05, 3.63) is 53.6 Å². The van der Waals surface area contributed by atoms with Crippen LogP contribution in [0.2, 0.25) is 0 Å². The lowest BCUT2D eigenvalue weighted by atomic mass is 9.89. The predicted octanol–water partition coefficient (Wildman–Crippen LogP) is 3.47. The Hall–Kier alpha value is -1.81. The Morgan fingerprint density at radius 3 is 2.88 bits per heavy atom. The van der Waals surface area contributed by atoms with Crippen LogP contribution in [0.5, 0.6) is 0 Å². The van der Waals surface area contributed by atoms with Gasteiger partial charge in [0, 0.05) is 24.6 Å². The smallest absolute Gasteiger partial charge is 0.223 e. The summed E-state index contributed by atoms with van der Waals surface area (Å²) in [5.74, 6) is 0.306. The standard InChI is InChI=1S/C19H25N3O.ClH/c23-19(16-10-11-17-18(13-16)22-14-21-17)20-12-6-2-5-9-15-7-3-1-4-8-15;/h1,3-4,7-8,14,16H,2,5-6,9-13H2,(H,20,23)(H,21,22);1H. The summed E-state index contributed by atoms with van der Waals surface area (Å²) in [5, 5.41) is 3.10. The summed E-state index contributed by atoms with van der Waals surface area (Å²) in [6.07, 6.45) is 8.88. The van der Waals surface area contributed by atoms with Gasteiger partial charge in [0.1, 0.15) is 0 Å². The van der Waals surface area contributed by atoms with E-state index in [9.17, 15) is 4.79 Å². The zero-order valence-corrected chi connectivity index (χ0v) is 14.8. The Morgan fingerprint density at radius 2 is 2.04 bits per heavy atom. The summed E-state index contributed by atoms with van der Waals surface area (Å²) < 4.78 is 0. The molecule has 1 atom stereocenters. The topological polar surface area (TPSA) is 57.8 Å². The minimum atomic E-state index is 0. The molecule has 1 aromatic heterocycles. The second-order valence-corrected chi connectivity index (χ2v) is 6.35. The van der Waals surface area contributed by atoms with E-state index in [1.54, 1.807) is 6.33 Å². The van der Waals surface area contributed by atoms with Gasteiger partial charge in [-0.15, -0.1) is 12.4 Å². The molecule has 1 aromatic carbocycles. The average molecular weight is 348 g/mol. The van der Waals surface area contributed by atoms with E-state index in [1.165, 1.54) is 12.0 Å². The van der Waals surface area contributed by atoms with Crippen molar-refractivity contribution in [3.8, 4) is 0 Å². The number of amides is 1. The molecule has 0 aliphatic heterocycles. The van der Waals surface area contributed by atoms with Crippen molar-refractivity contribution in [1.29, 1.82) is 0 Å². The molecule has 3 rings (SSSR count). The highest BCUT2D eigenvalue weighted by Crippen LogP contribution is 2.22. The second kappa shape index (κ2) is 9.48. The number of nitrogens with one attached hydrogen (secondary N) is 2. The van der Waals surface area contributed by atoms with E-state index in [-0.39, 0.29) is 24.2 Å². The lowest BCUT2D eigenvalue weighted by Gasteiger charge is -2.20. The minimum absolute atomic E-state index is 0. The third-order valence-electron chi connectivity index (χ3n) is 4.64. The molecule has 1 heterocycles. The maximum Gasteiger partial charge on any atom is 0.223 e. The molecular formula is C19H26ClN3O. The first kappa shape index (κ1) is 18.5. The lowest BCUT2D eigenvalue weighted by Crippen LogP contribution is -2.34. The van der Waals surface area contributed by atoms with Gasteiger partial charge in [-0.3, -0.25) is 4.79 Å². The van der Waals surface area contributed by atoms with Crippen LogP contribution in [0.25, 0.3) is 0 Å². The summed E-state index contributed by atoms with van der Waals surface area (Å²) >= 11 is 0. The van der Waals surface area contributed by atoms with E-state index in [1.807, 2.05) is 0 Å². The largest absolute Gasteiger partial charge is 0.356 e. The number of carbonyl (C=O) groups is 1. The van der Waals surface area contributed by atoms with Gasteiger partial charge in [0.25, 0.3) is 0 Å². The molecule has 24 heavy (non-hydrogen) atoms. The molecule has 0 fully saturated rings. The van der Waals surface area contributed by atoms with Gasteiger partial charge in [0.15, 0.2) is 0 Å². The first-order chi connectivity index (χ1) is 11.3. The Kier molecular flexibility index (Phi) is 7.32. The van der Waals surface area contributed by atoms with E-state index < -0.39 is 0 Å². The fourth-order valence-corrected chi connectivity index (χ4v) is 3.26. The molecule has 0 saturated carbocycles. The molecule has 130 valence electrons. The van der Waals surface area contributed by atoms with Crippen LogP contribution < -0.4 is 5.32 Å². The fourth-order valence-electron chi connectivity index (χ4n) is 3.26. The van der Waals surface area contributed by atoms with Crippen LogP contribution in [0.15, 0.2) is 36.7 Å². The second-order valence-electron chi connectivity index (χ2n) is 6.35. The summed E-state index contributed by atoms with van der Waals surface area (Å²) in [7, 11) is 0. The number of unbranched alkanes of at least 4 members (excludes halogenated alkanes) is 2. The zero-order valence-electron chi connectivity index (χ0n) is 14.0. The van der Waals surface area contributed by atoms with Gasteiger partial charge in [-0.2, -0.15) is 0 Å². The van der Waals surface area contributed by atoms with Gasteiger partial charge in [-0.1, -0.05) is 36.8 Å². The van der Waals surface area contributed by atoms with E-state index >= 15 is 0 Å². The van der Waals surface area contributed by atoms with E-state index in [4.69, 9.17) is 0 Å². The molecule has 1 unspecified atom stereocenters. The van der Waals surface area contributed by atoms with Crippen molar-refractivity contribution < 1.29 is 4.79 Å². The van der Waals surface area contributed by atoms with E-state index in [0.29, 0.717) is 0 Å². The van der Waals surface area contributed by atoms with Gasteiger partial charge < -0.3 is 10.3 Å². The number of fused-ring (bicyclic) bond motifs is 1. The number of hydrogen-bond donors (Lipinski definition) is 2. The van der Waals surface area contributed by atoms with Crippen LogP contribution in [0.4, 0.5) is 0 Å². The maximum atomic E-state index is 12.2. The lowest BCUT2D eigenvalue weighted by molar-refractivity contribution is -0.125. The number of H-pyrrole nitrogens is 1. The molecular weight excluding hydrogens is 322 g/mol. The van der Waals surface area contributed by atoms with Gasteiger partial charge in [-0.25, -0.2) is 4.98 Å².